The van der Waals surface area contributed by atoms with Gasteiger partial charge in [0.2, 0.25) is 0 Å². The summed E-state index contributed by atoms with van der Waals surface area (Å²) in [6, 6.07) is 8.17. The molecule has 0 aliphatic heterocycles. The number of amides is 1. The van der Waals surface area contributed by atoms with Gasteiger partial charge in [-0.2, -0.15) is 0 Å². The third-order valence-corrected chi connectivity index (χ3v) is 3.59. The smallest absolute Gasteiger partial charge is 0.303 e. The van der Waals surface area contributed by atoms with Crippen molar-refractivity contribution in [1.29, 1.82) is 0 Å². The van der Waals surface area contributed by atoms with Gasteiger partial charge < -0.3 is 14.8 Å². The second kappa shape index (κ2) is 6.05. The standard InChI is InChI=1S/C15H19NO4/c1-11(17)20-9-14(18)16-10-15(19-2)7-12-5-3-4-6-13(12)8-15/h3-6H,7-10H2,1-2H3,(H,16,18). The van der Waals surface area contributed by atoms with Crippen LogP contribution < -0.4 is 5.32 Å². The number of nitrogens with one attached hydrogen (secondary N) is 1. The number of fused-ring (bicyclic) bond motifs is 1. The van der Waals surface area contributed by atoms with Crippen LogP contribution in [0, 0.1) is 0 Å². The predicted octanol–water partition coefficient (Wildman–Crippen LogP) is 0.850. The van der Waals surface area contributed by atoms with Crippen molar-refractivity contribution in [2.45, 2.75) is 25.4 Å². The lowest BCUT2D eigenvalue weighted by Crippen LogP contribution is -2.46. The van der Waals surface area contributed by atoms with Gasteiger partial charge in [-0.3, -0.25) is 9.59 Å². The molecule has 0 heterocycles. The normalized spacial score (nSPS) is 15.5. The van der Waals surface area contributed by atoms with Crippen molar-refractivity contribution in [2.75, 3.05) is 20.3 Å². The topological polar surface area (TPSA) is 64.6 Å². The molecule has 0 atom stereocenters. The lowest BCUT2D eigenvalue weighted by Gasteiger charge is -2.27. The fourth-order valence-electron chi connectivity index (χ4n) is 2.48. The summed E-state index contributed by atoms with van der Waals surface area (Å²) in [5.41, 5.74) is 2.10. The molecule has 0 radical (unpaired) electrons. The highest BCUT2D eigenvalue weighted by Crippen LogP contribution is 2.31. The van der Waals surface area contributed by atoms with E-state index in [-0.39, 0.29) is 12.5 Å². The van der Waals surface area contributed by atoms with E-state index in [0.29, 0.717) is 6.54 Å². The summed E-state index contributed by atoms with van der Waals surface area (Å²) < 4.78 is 10.3. The number of carbonyl (C=O) groups excluding carboxylic acids is 2. The Morgan fingerprint density at radius 2 is 1.85 bits per heavy atom. The summed E-state index contributed by atoms with van der Waals surface area (Å²) in [5.74, 6) is -0.776. The molecule has 0 spiro atoms. The van der Waals surface area contributed by atoms with E-state index in [0.717, 1.165) is 12.8 Å². The van der Waals surface area contributed by atoms with E-state index in [9.17, 15) is 9.59 Å². The molecule has 0 fully saturated rings. The lowest BCUT2D eigenvalue weighted by molar-refractivity contribution is -0.146. The molecule has 1 aliphatic carbocycles. The fourth-order valence-corrected chi connectivity index (χ4v) is 2.48. The molecule has 1 aromatic rings. The van der Waals surface area contributed by atoms with Crippen LogP contribution in [0.4, 0.5) is 0 Å². The number of rotatable bonds is 5. The maximum Gasteiger partial charge on any atom is 0.303 e. The van der Waals surface area contributed by atoms with Crippen molar-refractivity contribution in [3.8, 4) is 0 Å². The third kappa shape index (κ3) is 3.36. The van der Waals surface area contributed by atoms with Gasteiger partial charge in [-0.05, 0) is 11.1 Å². The molecule has 1 N–H and O–H groups in total. The van der Waals surface area contributed by atoms with Gasteiger partial charge in [0.25, 0.3) is 5.91 Å². The maximum atomic E-state index is 11.6. The van der Waals surface area contributed by atoms with Crippen molar-refractivity contribution in [3.63, 3.8) is 0 Å². The Hall–Kier alpha value is -1.88. The molecule has 1 aromatic carbocycles. The molecule has 0 unspecified atom stereocenters. The van der Waals surface area contributed by atoms with E-state index < -0.39 is 11.6 Å². The Morgan fingerprint density at radius 1 is 1.25 bits per heavy atom. The summed E-state index contributed by atoms with van der Waals surface area (Å²) >= 11 is 0. The predicted molar refractivity (Wildman–Crippen MR) is 73.2 cm³/mol. The average Bonchev–Trinajstić information content (AvgIpc) is 2.82. The van der Waals surface area contributed by atoms with Crippen LogP contribution in [0.25, 0.3) is 0 Å². The minimum absolute atomic E-state index is 0.248. The quantitative estimate of drug-likeness (QED) is 0.810. The highest BCUT2D eigenvalue weighted by molar-refractivity contribution is 5.79. The van der Waals surface area contributed by atoms with Crippen LogP contribution in [0.5, 0.6) is 0 Å². The van der Waals surface area contributed by atoms with Gasteiger partial charge >= 0.3 is 5.97 Å². The van der Waals surface area contributed by atoms with Crippen molar-refractivity contribution < 1.29 is 19.1 Å². The number of hydrogen-bond donors (Lipinski definition) is 1. The molecule has 1 aliphatic rings. The van der Waals surface area contributed by atoms with Gasteiger partial charge in [0, 0.05) is 33.4 Å². The summed E-state index contributed by atoms with van der Waals surface area (Å²) in [5, 5.41) is 2.77. The first-order valence-electron chi connectivity index (χ1n) is 6.57. The number of benzene rings is 1. The van der Waals surface area contributed by atoms with E-state index in [2.05, 4.69) is 22.2 Å². The number of methoxy groups -OCH3 is 1. The number of carbonyl (C=O) groups is 2. The number of hydrogen-bond acceptors (Lipinski definition) is 4. The highest BCUT2D eigenvalue weighted by atomic mass is 16.5. The average molecular weight is 277 g/mol. The molecular weight excluding hydrogens is 258 g/mol. The van der Waals surface area contributed by atoms with Gasteiger partial charge in [-0.1, -0.05) is 24.3 Å². The number of esters is 1. The van der Waals surface area contributed by atoms with E-state index in [4.69, 9.17) is 4.74 Å². The second-order valence-corrected chi connectivity index (χ2v) is 5.07. The molecule has 0 aromatic heterocycles. The minimum Gasteiger partial charge on any atom is -0.456 e. The van der Waals surface area contributed by atoms with Gasteiger partial charge in [-0.25, -0.2) is 0 Å². The first kappa shape index (κ1) is 14.5. The first-order valence-corrected chi connectivity index (χ1v) is 6.57. The molecule has 0 saturated heterocycles. The largest absolute Gasteiger partial charge is 0.456 e. The van der Waals surface area contributed by atoms with Crippen molar-refractivity contribution in [3.05, 3.63) is 35.4 Å². The van der Waals surface area contributed by atoms with Crippen LogP contribution >= 0.6 is 0 Å². The first-order chi connectivity index (χ1) is 9.54. The van der Waals surface area contributed by atoms with E-state index in [1.165, 1.54) is 18.1 Å². The van der Waals surface area contributed by atoms with Gasteiger partial charge in [0.05, 0.1) is 5.60 Å². The molecule has 2 rings (SSSR count). The van der Waals surface area contributed by atoms with Crippen LogP contribution in [0.1, 0.15) is 18.1 Å². The van der Waals surface area contributed by atoms with Crippen LogP contribution in [-0.2, 0) is 31.9 Å². The molecule has 108 valence electrons. The van der Waals surface area contributed by atoms with Crippen LogP contribution in [0.3, 0.4) is 0 Å². The Bertz CT molecular complexity index is 487. The highest BCUT2D eigenvalue weighted by Gasteiger charge is 2.37. The van der Waals surface area contributed by atoms with E-state index in [1.807, 2.05) is 12.1 Å². The summed E-state index contributed by atoms with van der Waals surface area (Å²) in [6.45, 7) is 1.43. The third-order valence-electron chi connectivity index (χ3n) is 3.59. The summed E-state index contributed by atoms with van der Waals surface area (Å²) in [4.78, 5) is 22.2. The maximum absolute atomic E-state index is 11.6. The van der Waals surface area contributed by atoms with Crippen molar-refractivity contribution in [1.82, 2.24) is 5.32 Å². The monoisotopic (exact) mass is 277 g/mol. The van der Waals surface area contributed by atoms with Crippen molar-refractivity contribution >= 4 is 11.9 Å². The zero-order valence-electron chi connectivity index (χ0n) is 11.8. The van der Waals surface area contributed by atoms with Crippen molar-refractivity contribution in [2.24, 2.45) is 0 Å². The molecule has 0 bridgehead atoms. The SMILES string of the molecule is COC1(CNC(=O)COC(C)=O)Cc2ccccc2C1. The Morgan fingerprint density at radius 3 is 2.35 bits per heavy atom. The van der Waals surface area contributed by atoms with Gasteiger partial charge in [0.1, 0.15) is 0 Å². The zero-order chi connectivity index (χ0) is 14.6. The molecular formula is C15H19NO4. The molecule has 1 amide bonds. The summed E-state index contributed by atoms with van der Waals surface area (Å²) in [6.07, 6.45) is 1.54. The van der Waals surface area contributed by atoms with Gasteiger partial charge in [0.15, 0.2) is 6.61 Å². The molecule has 20 heavy (non-hydrogen) atoms. The summed E-state index contributed by atoms with van der Waals surface area (Å²) in [7, 11) is 1.66. The number of ether oxygens (including phenoxy) is 2. The minimum atomic E-state index is -0.463. The zero-order valence-corrected chi connectivity index (χ0v) is 11.8. The van der Waals surface area contributed by atoms with Crippen LogP contribution in [0.2, 0.25) is 0 Å². The fraction of sp³-hybridized carbons (Fsp3) is 0.467. The van der Waals surface area contributed by atoms with Gasteiger partial charge in [-0.15, -0.1) is 0 Å². The molecule has 0 saturated carbocycles. The second-order valence-electron chi connectivity index (χ2n) is 5.07. The Balaban J connectivity index is 1.91. The molecule has 5 heteroatoms. The van der Waals surface area contributed by atoms with Crippen LogP contribution in [0.15, 0.2) is 24.3 Å². The van der Waals surface area contributed by atoms with Crippen LogP contribution in [-0.4, -0.2) is 37.7 Å². The Kier molecular flexibility index (Phi) is 4.39. The lowest BCUT2D eigenvalue weighted by atomic mass is 10.00. The van der Waals surface area contributed by atoms with E-state index >= 15 is 0 Å². The Labute approximate surface area is 118 Å². The molecule has 5 nitrogen and oxygen atoms in total. The van der Waals surface area contributed by atoms with E-state index in [1.54, 1.807) is 7.11 Å².